The maximum absolute atomic E-state index is 10.8. The number of aliphatic carboxylic acids is 1. The van der Waals surface area contributed by atoms with Gasteiger partial charge in [0.05, 0.1) is 5.97 Å². The Kier molecular flexibility index (Phi) is 6.94. The molecule has 1 aliphatic carbocycles. The average Bonchev–Trinajstić information content (AvgIpc) is 3.34. The van der Waals surface area contributed by atoms with E-state index in [2.05, 4.69) is 30.3 Å². The summed E-state index contributed by atoms with van der Waals surface area (Å²) in [5.74, 6) is 1.54. The largest absolute Gasteiger partial charge is 0.546 e. The van der Waals surface area contributed by atoms with Gasteiger partial charge in [-0.2, -0.15) is 0 Å². The van der Waals surface area contributed by atoms with E-state index >= 15 is 0 Å². The average molecular weight is 467 g/mol. The molecule has 5 nitrogen and oxygen atoms in total. The topological polar surface area (TPSA) is 75.4 Å². The van der Waals surface area contributed by atoms with Crippen LogP contribution in [0.4, 0.5) is 0 Å². The fraction of sp³-hybridized carbons (Fsp3) is 0.267. The van der Waals surface area contributed by atoms with Crippen LogP contribution in [0.5, 0.6) is 5.75 Å². The molecule has 1 heterocycles. The molecule has 178 valence electrons. The maximum atomic E-state index is 10.8. The first-order valence-electron chi connectivity index (χ1n) is 12.2. The summed E-state index contributed by atoms with van der Waals surface area (Å²) in [6, 6.07) is 28.0. The molecular formula is C30H28NO4-. The van der Waals surface area contributed by atoms with Crippen LogP contribution in [0.15, 0.2) is 89.3 Å². The molecule has 0 spiro atoms. The van der Waals surface area contributed by atoms with Gasteiger partial charge in [0.25, 0.3) is 0 Å². The molecule has 0 N–H and O–H groups in total. The van der Waals surface area contributed by atoms with Crippen LogP contribution in [0, 0.1) is 5.92 Å². The highest BCUT2D eigenvalue weighted by molar-refractivity contribution is 5.76. The van der Waals surface area contributed by atoms with Gasteiger partial charge >= 0.3 is 0 Å². The molecule has 5 rings (SSSR count). The number of ether oxygens (including phenoxy) is 1. The number of nitrogens with zero attached hydrogens (tertiary/aromatic N) is 1. The highest BCUT2D eigenvalue weighted by atomic mass is 16.5. The van der Waals surface area contributed by atoms with Crippen molar-refractivity contribution in [2.45, 2.75) is 38.0 Å². The van der Waals surface area contributed by atoms with Crippen molar-refractivity contribution in [1.82, 2.24) is 4.98 Å². The molecule has 0 amide bonds. The number of carbonyl (C=O) groups is 1. The van der Waals surface area contributed by atoms with Gasteiger partial charge < -0.3 is 19.1 Å². The van der Waals surface area contributed by atoms with Crippen LogP contribution in [0.1, 0.15) is 43.1 Å². The summed E-state index contributed by atoms with van der Waals surface area (Å²) in [7, 11) is 0. The van der Waals surface area contributed by atoms with Crippen molar-refractivity contribution in [3.63, 3.8) is 0 Å². The van der Waals surface area contributed by atoms with Gasteiger partial charge in [0, 0.05) is 17.0 Å². The Balaban J connectivity index is 1.45. The monoisotopic (exact) mass is 466 g/mol. The molecule has 0 aliphatic heterocycles. The Hall–Kier alpha value is -3.86. The van der Waals surface area contributed by atoms with Crippen LogP contribution < -0.4 is 9.84 Å². The predicted molar refractivity (Wildman–Crippen MR) is 133 cm³/mol. The van der Waals surface area contributed by atoms with E-state index < -0.39 is 12.6 Å². The van der Waals surface area contributed by atoms with E-state index in [1.54, 1.807) is 6.07 Å². The van der Waals surface area contributed by atoms with Crippen LogP contribution in [0.25, 0.3) is 22.6 Å². The number of benzene rings is 3. The van der Waals surface area contributed by atoms with Gasteiger partial charge in [-0.25, -0.2) is 4.98 Å². The van der Waals surface area contributed by atoms with Gasteiger partial charge in [-0.1, -0.05) is 85.6 Å². The molecule has 0 radical (unpaired) electrons. The Morgan fingerprint density at radius 3 is 2.37 bits per heavy atom. The third-order valence-electron chi connectivity index (χ3n) is 6.71. The van der Waals surface area contributed by atoms with E-state index in [4.69, 9.17) is 14.1 Å². The number of carboxylic acids is 1. The lowest BCUT2D eigenvalue weighted by Gasteiger charge is -2.29. The summed E-state index contributed by atoms with van der Waals surface area (Å²) in [6.07, 6.45) is 5.32. The number of oxazole rings is 1. The highest BCUT2D eigenvalue weighted by Gasteiger charge is 2.32. The lowest BCUT2D eigenvalue weighted by molar-refractivity contribution is -0.307. The standard InChI is InChI=1S/C30H29NO4/c32-27(33)20-34-25-16-9-10-21(19-25)18-24-15-7-8-17-26(24)30-31-28(22-11-3-1-4-12-22)29(35-30)23-13-5-2-6-14-23/h1-6,9-14,16,19,24,26H,7-8,15,17-18,20H2,(H,32,33)/p-1/t24-,26+/m0/s1. The normalized spacial score (nSPS) is 17.7. The zero-order valence-electron chi connectivity index (χ0n) is 19.6. The number of aromatic nitrogens is 1. The van der Waals surface area contributed by atoms with Gasteiger partial charge in [0.2, 0.25) is 0 Å². The SMILES string of the molecule is O=C([O-])COc1cccc(C[C@@H]2CCCC[C@H]2c2nc(-c3ccccc3)c(-c3ccccc3)o2)c1. The van der Waals surface area contributed by atoms with E-state index in [-0.39, 0.29) is 5.92 Å². The molecule has 5 heteroatoms. The number of hydrogen-bond acceptors (Lipinski definition) is 5. The minimum absolute atomic E-state index is 0.219. The molecule has 0 unspecified atom stereocenters. The number of carboxylic acid groups (broad SMARTS) is 1. The van der Waals surface area contributed by atoms with E-state index in [1.165, 1.54) is 6.42 Å². The van der Waals surface area contributed by atoms with Crippen molar-refractivity contribution >= 4 is 5.97 Å². The molecule has 3 aromatic carbocycles. The second-order valence-corrected chi connectivity index (χ2v) is 9.13. The van der Waals surface area contributed by atoms with E-state index in [1.807, 2.05) is 48.5 Å². The Morgan fingerprint density at radius 2 is 1.63 bits per heavy atom. The molecule has 1 saturated carbocycles. The third-order valence-corrected chi connectivity index (χ3v) is 6.71. The summed E-state index contributed by atoms with van der Waals surface area (Å²) in [6.45, 7) is -0.448. The van der Waals surface area contributed by atoms with Crippen molar-refractivity contribution in [2.75, 3.05) is 6.61 Å². The van der Waals surface area contributed by atoms with Crippen LogP contribution in [0.2, 0.25) is 0 Å². The van der Waals surface area contributed by atoms with Crippen LogP contribution >= 0.6 is 0 Å². The fourth-order valence-electron chi connectivity index (χ4n) is 5.06. The minimum Gasteiger partial charge on any atom is -0.546 e. The van der Waals surface area contributed by atoms with Crippen LogP contribution in [0.3, 0.4) is 0 Å². The Morgan fingerprint density at radius 1 is 0.914 bits per heavy atom. The molecule has 1 aromatic heterocycles. The predicted octanol–water partition coefficient (Wildman–Crippen LogP) is 5.65. The summed E-state index contributed by atoms with van der Waals surface area (Å²) < 4.78 is 11.9. The van der Waals surface area contributed by atoms with Crippen molar-refractivity contribution in [3.05, 3.63) is 96.4 Å². The summed E-state index contributed by atoms with van der Waals surface area (Å²) in [4.78, 5) is 15.8. The van der Waals surface area contributed by atoms with Gasteiger partial charge in [-0.05, 0) is 42.9 Å². The second-order valence-electron chi connectivity index (χ2n) is 9.13. The Bertz CT molecular complexity index is 1210. The van der Waals surface area contributed by atoms with E-state index in [9.17, 15) is 9.90 Å². The van der Waals surface area contributed by atoms with Gasteiger partial charge in [-0.15, -0.1) is 0 Å². The molecule has 1 aliphatic rings. The smallest absolute Gasteiger partial charge is 0.198 e. The van der Waals surface area contributed by atoms with Crippen molar-refractivity contribution in [1.29, 1.82) is 0 Å². The molecule has 4 aromatic rings. The molecule has 35 heavy (non-hydrogen) atoms. The minimum atomic E-state index is -1.23. The molecule has 1 fully saturated rings. The van der Waals surface area contributed by atoms with Crippen LogP contribution in [-0.4, -0.2) is 17.6 Å². The number of hydrogen-bond donors (Lipinski definition) is 0. The Labute approximate surface area is 205 Å². The molecular weight excluding hydrogens is 438 g/mol. The highest BCUT2D eigenvalue weighted by Crippen LogP contribution is 2.43. The van der Waals surface area contributed by atoms with E-state index in [0.717, 1.165) is 59.7 Å². The van der Waals surface area contributed by atoms with Gasteiger partial charge in [0.15, 0.2) is 11.7 Å². The lowest BCUT2D eigenvalue weighted by atomic mass is 9.76. The van der Waals surface area contributed by atoms with Gasteiger partial charge in [0.1, 0.15) is 18.1 Å². The van der Waals surface area contributed by atoms with E-state index in [0.29, 0.717) is 11.7 Å². The number of rotatable bonds is 8. The first kappa shape index (κ1) is 22.9. The first-order valence-corrected chi connectivity index (χ1v) is 12.2. The third kappa shape index (κ3) is 5.46. The summed E-state index contributed by atoms with van der Waals surface area (Å²) in [5, 5.41) is 10.8. The van der Waals surface area contributed by atoms with Crippen LogP contribution in [-0.2, 0) is 11.2 Å². The van der Waals surface area contributed by atoms with Crippen molar-refractivity contribution in [3.8, 4) is 28.3 Å². The zero-order chi connectivity index (χ0) is 24.0. The maximum Gasteiger partial charge on any atom is 0.198 e. The fourth-order valence-corrected chi connectivity index (χ4v) is 5.06. The zero-order valence-corrected chi connectivity index (χ0v) is 19.6. The molecule has 0 bridgehead atoms. The number of carbonyl (C=O) groups excluding carboxylic acids is 1. The quantitative estimate of drug-likeness (QED) is 0.335. The first-order chi connectivity index (χ1) is 17.2. The summed E-state index contributed by atoms with van der Waals surface area (Å²) >= 11 is 0. The van der Waals surface area contributed by atoms with Crippen molar-refractivity contribution < 1.29 is 19.1 Å². The summed E-state index contributed by atoms with van der Waals surface area (Å²) in [5.41, 5.74) is 4.08. The molecule has 0 saturated heterocycles. The second kappa shape index (κ2) is 10.6. The van der Waals surface area contributed by atoms with Crippen molar-refractivity contribution in [2.24, 2.45) is 5.92 Å². The molecule has 2 atom stereocenters. The lowest BCUT2D eigenvalue weighted by Crippen LogP contribution is -2.28. The van der Waals surface area contributed by atoms with Gasteiger partial charge in [-0.3, -0.25) is 0 Å².